The Morgan fingerprint density at radius 3 is 2.78 bits per heavy atom. The van der Waals surface area contributed by atoms with Crippen LogP contribution in [0, 0.1) is 6.92 Å². The van der Waals surface area contributed by atoms with Crippen molar-refractivity contribution in [3.05, 3.63) is 28.1 Å². The third-order valence-corrected chi connectivity index (χ3v) is 3.45. The minimum Gasteiger partial charge on any atom is -0.454 e. The van der Waals surface area contributed by atoms with Crippen molar-refractivity contribution in [2.75, 3.05) is 6.79 Å². The van der Waals surface area contributed by atoms with Crippen LogP contribution in [0.1, 0.15) is 11.4 Å². The molecular weight excluding hydrogens is 298 g/mol. The third kappa shape index (κ3) is 1.77. The highest BCUT2D eigenvalue weighted by molar-refractivity contribution is 9.10. The Morgan fingerprint density at radius 2 is 2.11 bits per heavy atom. The van der Waals surface area contributed by atoms with E-state index in [0.717, 1.165) is 38.7 Å². The average Bonchev–Trinajstić information content (AvgIpc) is 2.93. The third-order valence-electron chi connectivity index (χ3n) is 2.88. The lowest BCUT2D eigenvalue weighted by atomic mass is 10.1. The molecule has 0 saturated carbocycles. The normalized spacial score (nSPS) is 13.1. The van der Waals surface area contributed by atoms with Crippen molar-refractivity contribution in [3.8, 4) is 22.8 Å². The number of nitrogens with two attached hydrogens (primary N) is 1. The van der Waals surface area contributed by atoms with Crippen LogP contribution in [0.3, 0.4) is 0 Å². The summed E-state index contributed by atoms with van der Waals surface area (Å²) in [7, 11) is 0. The van der Waals surface area contributed by atoms with Gasteiger partial charge in [0.2, 0.25) is 6.79 Å². The molecule has 94 valence electrons. The average molecular weight is 310 g/mol. The van der Waals surface area contributed by atoms with E-state index in [-0.39, 0.29) is 6.79 Å². The van der Waals surface area contributed by atoms with Crippen molar-refractivity contribution in [1.82, 2.24) is 9.97 Å². The smallest absolute Gasteiger partial charge is 0.231 e. The number of ether oxygens (including phenoxy) is 2. The van der Waals surface area contributed by atoms with Crippen LogP contribution in [0.2, 0.25) is 0 Å². The van der Waals surface area contributed by atoms with Gasteiger partial charge in [0.15, 0.2) is 11.5 Å². The highest BCUT2D eigenvalue weighted by Gasteiger charge is 2.19. The molecule has 0 saturated heterocycles. The van der Waals surface area contributed by atoms with Gasteiger partial charge in [-0.25, -0.2) is 4.98 Å². The lowest BCUT2D eigenvalue weighted by molar-refractivity contribution is 0.174. The Morgan fingerprint density at radius 1 is 1.39 bits per heavy atom. The number of aryl methyl sites for hydroxylation is 1. The summed E-state index contributed by atoms with van der Waals surface area (Å²) >= 11 is 3.46. The van der Waals surface area contributed by atoms with Crippen LogP contribution >= 0.6 is 15.9 Å². The van der Waals surface area contributed by atoms with Crippen LogP contribution in [-0.4, -0.2) is 16.8 Å². The summed E-state index contributed by atoms with van der Waals surface area (Å²) in [6.07, 6.45) is 0. The molecule has 0 spiro atoms. The lowest BCUT2D eigenvalue weighted by Gasteiger charge is -2.05. The molecule has 2 heterocycles. The van der Waals surface area contributed by atoms with Crippen LogP contribution in [0.15, 0.2) is 16.7 Å². The maximum atomic E-state index is 5.58. The summed E-state index contributed by atoms with van der Waals surface area (Å²) in [5, 5.41) is 0. The largest absolute Gasteiger partial charge is 0.454 e. The fourth-order valence-electron chi connectivity index (χ4n) is 1.97. The Labute approximate surface area is 112 Å². The second-order valence-electron chi connectivity index (χ2n) is 4.07. The molecule has 5 nitrogen and oxygen atoms in total. The first-order valence-electron chi connectivity index (χ1n) is 5.54. The van der Waals surface area contributed by atoms with Gasteiger partial charge < -0.3 is 20.2 Å². The first kappa shape index (κ1) is 11.6. The van der Waals surface area contributed by atoms with Crippen LogP contribution in [0.25, 0.3) is 11.3 Å². The van der Waals surface area contributed by atoms with Crippen LogP contribution in [-0.2, 0) is 6.54 Å². The van der Waals surface area contributed by atoms with E-state index in [1.54, 1.807) is 0 Å². The number of nitrogens with one attached hydrogen (secondary N) is 1. The van der Waals surface area contributed by atoms with Gasteiger partial charge in [0.25, 0.3) is 0 Å². The minimum atomic E-state index is 0.272. The van der Waals surface area contributed by atoms with Crippen LogP contribution in [0.4, 0.5) is 0 Å². The monoisotopic (exact) mass is 309 g/mol. The Bertz CT molecular complexity index is 610. The number of aromatic amines is 1. The molecule has 1 aromatic carbocycles. The van der Waals surface area contributed by atoms with Crippen LogP contribution < -0.4 is 15.2 Å². The van der Waals surface area contributed by atoms with E-state index in [9.17, 15) is 0 Å². The molecule has 0 fully saturated rings. The molecule has 3 N–H and O–H groups in total. The first-order valence-corrected chi connectivity index (χ1v) is 6.33. The van der Waals surface area contributed by atoms with Crippen molar-refractivity contribution in [3.63, 3.8) is 0 Å². The predicted octanol–water partition coefficient (Wildman–Crippen LogP) is 2.34. The Hall–Kier alpha value is -1.53. The number of aromatic nitrogens is 2. The number of halogens is 1. The van der Waals surface area contributed by atoms with Gasteiger partial charge in [-0.3, -0.25) is 0 Å². The quantitative estimate of drug-likeness (QED) is 0.893. The Kier molecular flexibility index (Phi) is 2.76. The van der Waals surface area contributed by atoms with Gasteiger partial charge >= 0.3 is 0 Å². The molecule has 0 atom stereocenters. The summed E-state index contributed by atoms with van der Waals surface area (Å²) in [5.74, 6) is 2.27. The van der Waals surface area contributed by atoms with E-state index < -0.39 is 0 Å². The maximum Gasteiger partial charge on any atom is 0.231 e. The summed E-state index contributed by atoms with van der Waals surface area (Å²) in [6, 6.07) is 3.90. The van der Waals surface area contributed by atoms with Crippen molar-refractivity contribution in [2.45, 2.75) is 13.5 Å². The van der Waals surface area contributed by atoms with Crippen molar-refractivity contribution in [2.24, 2.45) is 5.73 Å². The van der Waals surface area contributed by atoms with Crippen molar-refractivity contribution in [1.29, 1.82) is 0 Å². The summed E-state index contributed by atoms with van der Waals surface area (Å²) < 4.78 is 11.6. The molecule has 0 bridgehead atoms. The number of hydrogen-bond acceptors (Lipinski definition) is 4. The van der Waals surface area contributed by atoms with E-state index in [1.165, 1.54) is 0 Å². The number of H-pyrrole nitrogens is 1. The van der Waals surface area contributed by atoms with Gasteiger partial charge in [-0.2, -0.15) is 0 Å². The molecular formula is C12H12BrN3O2. The molecule has 0 amide bonds. The number of imidazole rings is 1. The lowest BCUT2D eigenvalue weighted by Crippen LogP contribution is -1.97. The van der Waals surface area contributed by atoms with Gasteiger partial charge in [0.05, 0.1) is 6.54 Å². The topological polar surface area (TPSA) is 73.2 Å². The number of hydrogen-bond donors (Lipinski definition) is 2. The summed E-state index contributed by atoms with van der Waals surface area (Å²) in [4.78, 5) is 7.56. The van der Waals surface area contributed by atoms with E-state index in [2.05, 4.69) is 25.9 Å². The molecule has 0 aliphatic carbocycles. The number of benzene rings is 1. The van der Waals surface area contributed by atoms with Gasteiger partial charge in [0, 0.05) is 5.56 Å². The molecule has 1 aliphatic rings. The van der Waals surface area contributed by atoms with E-state index >= 15 is 0 Å². The molecule has 3 rings (SSSR count). The standard InChI is InChI=1S/C12H12BrN3O2/c1-6-2-8-9(18-5-17-8)3-7(6)11-12(13)16-10(4-14)15-11/h2-3H,4-5,14H2,1H3,(H,15,16). The zero-order valence-electron chi connectivity index (χ0n) is 9.79. The SMILES string of the molecule is Cc1cc2c(cc1-c1nc(CN)[nH]c1Br)OCO2. The van der Waals surface area contributed by atoms with E-state index in [4.69, 9.17) is 15.2 Å². The van der Waals surface area contributed by atoms with Gasteiger partial charge in [-0.05, 0) is 40.5 Å². The fraction of sp³-hybridized carbons (Fsp3) is 0.250. The van der Waals surface area contributed by atoms with Gasteiger partial charge in [0.1, 0.15) is 16.1 Å². The second-order valence-corrected chi connectivity index (χ2v) is 4.86. The maximum absolute atomic E-state index is 5.58. The number of nitrogens with zero attached hydrogens (tertiary/aromatic N) is 1. The zero-order valence-corrected chi connectivity index (χ0v) is 11.4. The molecule has 0 unspecified atom stereocenters. The van der Waals surface area contributed by atoms with Gasteiger partial charge in [-0.15, -0.1) is 0 Å². The molecule has 2 aromatic rings. The molecule has 1 aliphatic heterocycles. The van der Waals surface area contributed by atoms with Crippen molar-refractivity contribution < 1.29 is 9.47 Å². The highest BCUT2D eigenvalue weighted by Crippen LogP contribution is 2.39. The summed E-state index contributed by atoms with van der Waals surface area (Å²) in [5.41, 5.74) is 8.50. The summed E-state index contributed by atoms with van der Waals surface area (Å²) in [6.45, 7) is 2.66. The predicted molar refractivity (Wildman–Crippen MR) is 70.5 cm³/mol. The van der Waals surface area contributed by atoms with Gasteiger partial charge in [-0.1, -0.05) is 0 Å². The van der Waals surface area contributed by atoms with E-state index in [0.29, 0.717) is 6.54 Å². The fourth-order valence-corrected chi connectivity index (χ4v) is 2.50. The zero-order chi connectivity index (χ0) is 12.7. The highest BCUT2D eigenvalue weighted by atomic mass is 79.9. The first-order chi connectivity index (χ1) is 8.69. The van der Waals surface area contributed by atoms with E-state index in [1.807, 2.05) is 19.1 Å². The Balaban J connectivity index is 2.13. The molecule has 0 radical (unpaired) electrons. The number of fused-ring (bicyclic) bond motifs is 1. The van der Waals surface area contributed by atoms with Crippen LogP contribution in [0.5, 0.6) is 11.5 Å². The molecule has 6 heteroatoms. The molecule has 18 heavy (non-hydrogen) atoms. The number of rotatable bonds is 2. The van der Waals surface area contributed by atoms with Crippen molar-refractivity contribution >= 4 is 15.9 Å². The molecule has 1 aromatic heterocycles. The minimum absolute atomic E-state index is 0.272. The second kappa shape index (κ2) is 4.29.